The number of rotatable bonds is 8. The molecule has 0 spiro atoms. The molecule has 1 amide bonds. The molecule has 3 rings (SSSR count). The number of halogens is 1. The average molecular weight is 482 g/mol. The van der Waals surface area contributed by atoms with Gasteiger partial charge in [0.2, 0.25) is 15.9 Å². The van der Waals surface area contributed by atoms with Gasteiger partial charge >= 0.3 is 0 Å². The fourth-order valence-electron chi connectivity index (χ4n) is 4.15. The number of piperidine rings is 1. The Balaban J connectivity index is 1.74. The molecule has 1 aliphatic heterocycles. The molecule has 1 N–H and O–H groups in total. The summed E-state index contributed by atoms with van der Waals surface area (Å²) in [7, 11) is -3.77. The second kappa shape index (κ2) is 10.4. The molecule has 1 aromatic carbocycles. The summed E-state index contributed by atoms with van der Waals surface area (Å²) < 4.78 is 32.8. The van der Waals surface area contributed by atoms with Crippen LogP contribution in [0.3, 0.4) is 0 Å². The van der Waals surface area contributed by atoms with E-state index >= 15 is 0 Å². The number of nitrogens with zero attached hydrogens (tertiary/aromatic N) is 2. The van der Waals surface area contributed by atoms with Crippen molar-refractivity contribution in [1.82, 2.24) is 14.8 Å². The molecule has 176 valence electrons. The maximum atomic E-state index is 13.2. The topological polar surface area (TPSA) is 92.5 Å². The third-order valence-corrected chi connectivity index (χ3v) is 8.30. The molecule has 7 nitrogen and oxygen atoms in total. The van der Waals surface area contributed by atoms with Crippen molar-refractivity contribution in [2.45, 2.75) is 64.3 Å². The van der Waals surface area contributed by atoms with E-state index in [4.69, 9.17) is 16.1 Å². The Morgan fingerprint density at radius 2 is 1.94 bits per heavy atom. The van der Waals surface area contributed by atoms with Crippen molar-refractivity contribution >= 4 is 27.5 Å². The lowest BCUT2D eigenvalue weighted by Gasteiger charge is -2.32. The van der Waals surface area contributed by atoms with Gasteiger partial charge < -0.3 is 9.84 Å². The highest BCUT2D eigenvalue weighted by Gasteiger charge is 2.37. The largest absolute Gasteiger partial charge is 0.360 e. The molecule has 1 saturated heterocycles. The number of aryl methyl sites for hydroxylation is 2. The van der Waals surface area contributed by atoms with Gasteiger partial charge in [-0.2, -0.15) is 4.31 Å². The second-order valence-corrected chi connectivity index (χ2v) is 11.3. The highest BCUT2D eigenvalue weighted by molar-refractivity contribution is 7.89. The summed E-state index contributed by atoms with van der Waals surface area (Å²) in [6.07, 6.45) is 3.04. The molecule has 0 bridgehead atoms. The zero-order valence-electron chi connectivity index (χ0n) is 19.1. The van der Waals surface area contributed by atoms with Crippen molar-refractivity contribution in [2.75, 3.05) is 13.1 Å². The van der Waals surface area contributed by atoms with Crippen LogP contribution in [0.25, 0.3) is 0 Å². The Bertz CT molecular complexity index is 1010. The first-order chi connectivity index (χ1) is 15.1. The summed E-state index contributed by atoms with van der Waals surface area (Å²) in [5.74, 6) is 0.248. The van der Waals surface area contributed by atoms with Gasteiger partial charge in [-0.05, 0) is 63.1 Å². The van der Waals surface area contributed by atoms with E-state index in [-0.39, 0.29) is 29.1 Å². The van der Waals surface area contributed by atoms with Gasteiger partial charge in [-0.3, -0.25) is 4.79 Å². The van der Waals surface area contributed by atoms with Crippen molar-refractivity contribution in [3.05, 3.63) is 46.3 Å². The van der Waals surface area contributed by atoms with Crippen LogP contribution in [0.4, 0.5) is 0 Å². The number of sulfonamides is 1. The monoisotopic (exact) mass is 481 g/mol. The quantitative estimate of drug-likeness (QED) is 0.592. The Morgan fingerprint density at radius 1 is 1.25 bits per heavy atom. The van der Waals surface area contributed by atoms with Crippen molar-refractivity contribution < 1.29 is 17.7 Å². The number of amides is 1. The Kier molecular flexibility index (Phi) is 8.01. The molecule has 0 aliphatic carbocycles. The predicted octanol–water partition coefficient (Wildman–Crippen LogP) is 4.64. The third kappa shape index (κ3) is 5.71. The van der Waals surface area contributed by atoms with E-state index in [2.05, 4.69) is 24.3 Å². The van der Waals surface area contributed by atoms with E-state index in [9.17, 15) is 13.2 Å². The molecule has 2 heterocycles. The normalized spacial score (nSPS) is 18.6. The molecule has 1 aliphatic rings. The summed E-state index contributed by atoms with van der Waals surface area (Å²) in [5, 5.41) is 7.60. The van der Waals surface area contributed by atoms with E-state index in [1.54, 1.807) is 13.8 Å². The van der Waals surface area contributed by atoms with Gasteiger partial charge in [0.1, 0.15) is 10.6 Å². The lowest BCUT2D eigenvalue weighted by Crippen LogP contribution is -2.46. The lowest BCUT2D eigenvalue weighted by atomic mass is 9.95. The van der Waals surface area contributed by atoms with Crippen molar-refractivity contribution in [3.63, 3.8) is 0 Å². The van der Waals surface area contributed by atoms with Crippen molar-refractivity contribution in [1.29, 1.82) is 0 Å². The lowest BCUT2D eigenvalue weighted by molar-refractivity contribution is -0.126. The highest BCUT2D eigenvalue weighted by atomic mass is 35.5. The van der Waals surface area contributed by atoms with Crippen LogP contribution in [0.2, 0.25) is 5.02 Å². The van der Waals surface area contributed by atoms with Crippen LogP contribution >= 0.6 is 11.6 Å². The number of carbonyl (C=O) groups is 1. The third-order valence-electron chi connectivity index (χ3n) is 5.94. The summed E-state index contributed by atoms with van der Waals surface area (Å²) >= 11 is 6.03. The first-order valence-corrected chi connectivity index (χ1v) is 12.9. The number of hydrogen-bond donors (Lipinski definition) is 1. The fraction of sp³-hybridized carbons (Fsp3) is 0.565. The molecule has 9 heteroatoms. The van der Waals surface area contributed by atoms with E-state index in [0.717, 1.165) is 18.4 Å². The molecule has 1 fully saturated rings. The minimum absolute atomic E-state index is 0.106. The van der Waals surface area contributed by atoms with Gasteiger partial charge in [-0.25, -0.2) is 8.42 Å². The molecule has 0 radical (unpaired) electrons. The van der Waals surface area contributed by atoms with Gasteiger partial charge in [0.05, 0.1) is 12.0 Å². The van der Waals surface area contributed by atoms with Crippen LogP contribution < -0.4 is 5.32 Å². The standard InChI is InChI=1S/C23H32ClN3O4S/c1-15(2)7-12-21(18-8-10-20(24)11-9-18)25-23(28)19-6-5-13-27(14-19)32(29,30)22-16(3)26-31-17(22)4/h8-11,15,19,21H,5-7,12-14H2,1-4H3,(H,25,28). The van der Waals surface area contributed by atoms with Gasteiger partial charge in [0.15, 0.2) is 5.76 Å². The van der Waals surface area contributed by atoms with Crippen LogP contribution in [-0.2, 0) is 14.8 Å². The van der Waals surface area contributed by atoms with Crippen molar-refractivity contribution in [3.8, 4) is 0 Å². The van der Waals surface area contributed by atoms with E-state index < -0.39 is 15.9 Å². The number of benzene rings is 1. The first-order valence-electron chi connectivity index (χ1n) is 11.1. The Hall–Kier alpha value is -1.90. The van der Waals surface area contributed by atoms with Crippen LogP contribution in [0.1, 0.15) is 62.6 Å². The minimum Gasteiger partial charge on any atom is -0.360 e. The molecule has 0 saturated carbocycles. The van der Waals surface area contributed by atoms with E-state index in [1.165, 1.54) is 4.31 Å². The van der Waals surface area contributed by atoms with Gasteiger partial charge in [0.25, 0.3) is 0 Å². The van der Waals surface area contributed by atoms with Crippen LogP contribution in [0, 0.1) is 25.7 Å². The first kappa shape index (κ1) is 24.7. The van der Waals surface area contributed by atoms with E-state index in [1.807, 2.05) is 24.3 Å². The Labute approximate surface area is 195 Å². The predicted molar refractivity (Wildman–Crippen MR) is 124 cm³/mol. The van der Waals surface area contributed by atoms with Crippen LogP contribution in [0.5, 0.6) is 0 Å². The SMILES string of the molecule is Cc1noc(C)c1S(=O)(=O)N1CCCC(C(=O)NC(CCC(C)C)c2ccc(Cl)cc2)C1. The van der Waals surface area contributed by atoms with Gasteiger partial charge in [-0.15, -0.1) is 0 Å². The number of carbonyl (C=O) groups excluding carboxylic acids is 1. The van der Waals surface area contributed by atoms with Crippen LogP contribution in [0.15, 0.2) is 33.7 Å². The Morgan fingerprint density at radius 3 is 2.53 bits per heavy atom. The van der Waals surface area contributed by atoms with Crippen molar-refractivity contribution in [2.24, 2.45) is 11.8 Å². The number of nitrogens with one attached hydrogen (secondary N) is 1. The van der Waals surface area contributed by atoms with Crippen LogP contribution in [-0.4, -0.2) is 36.9 Å². The zero-order valence-corrected chi connectivity index (χ0v) is 20.7. The van der Waals surface area contributed by atoms with Gasteiger partial charge in [0, 0.05) is 18.1 Å². The number of hydrogen-bond acceptors (Lipinski definition) is 5. The summed E-state index contributed by atoms with van der Waals surface area (Å²) in [4.78, 5) is 13.3. The molecular weight excluding hydrogens is 450 g/mol. The zero-order chi connectivity index (χ0) is 23.5. The molecule has 1 aromatic heterocycles. The molecule has 32 heavy (non-hydrogen) atoms. The highest BCUT2D eigenvalue weighted by Crippen LogP contribution is 2.29. The van der Waals surface area contributed by atoms with Gasteiger partial charge in [-0.1, -0.05) is 42.7 Å². The summed E-state index contributed by atoms with van der Waals surface area (Å²) in [6.45, 7) is 8.04. The second-order valence-electron chi connectivity index (χ2n) is 8.94. The number of aromatic nitrogens is 1. The smallest absolute Gasteiger partial charge is 0.248 e. The fourth-order valence-corrected chi connectivity index (χ4v) is 6.09. The summed E-state index contributed by atoms with van der Waals surface area (Å²) in [6, 6.07) is 7.37. The average Bonchev–Trinajstić information content (AvgIpc) is 3.10. The molecule has 2 unspecified atom stereocenters. The maximum Gasteiger partial charge on any atom is 0.248 e. The molecular formula is C23H32ClN3O4S. The molecule has 2 aromatic rings. The maximum absolute atomic E-state index is 13.2. The van der Waals surface area contributed by atoms with E-state index in [0.29, 0.717) is 36.0 Å². The minimum atomic E-state index is -3.77. The molecule has 2 atom stereocenters. The summed E-state index contributed by atoms with van der Waals surface area (Å²) in [5.41, 5.74) is 1.34.